The van der Waals surface area contributed by atoms with Gasteiger partial charge in [-0.25, -0.2) is 0 Å². The zero-order valence-electron chi connectivity index (χ0n) is 16.8. The van der Waals surface area contributed by atoms with E-state index < -0.39 is 17.7 Å². The molecule has 3 fully saturated rings. The number of aliphatic hydroxyl groups excluding tert-OH is 2. The molecule has 3 N–H and O–H groups in total. The van der Waals surface area contributed by atoms with Crippen molar-refractivity contribution in [3.63, 3.8) is 0 Å². The average molecular weight is 379 g/mol. The number of fused-ring (bicyclic) bond motifs is 2. The maximum Gasteiger partial charge on any atom is 0.302 e. The van der Waals surface area contributed by atoms with Crippen LogP contribution in [0, 0.1) is 28.1 Å². The number of aliphatic hydroxyl groups is 3. The Morgan fingerprint density at radius 2 is 2.00 bits per heavy atom. The Balaban J connectivity index is 1.72. The van der Waals surface area contributed by atoms with Crippen LogP contribution in [0.5, 0.6) is 0 Å². The molecule has 4 rings (SSSR count). The molecule has 152 valence electrons. The van der Waals surface area contributed by atoms with Gasteiger partial charge in [0.15, 0.2) is 0 Å². The SMILES string of the molecule is CC(=O)OCC1(O)CCC23CC1C(O)C2=CCC1C(C)(CO)CCCC13C. The van der Waals surface area contributed by atoms with E-state index in [1.807, 2.05) is 0 Å². The Hall–Kier alpha value is -0.910. The monoisotopic (exact) mass is 378 g/mol. The third-order valence-electron chi connectivity index (χ3n) is 9.10. The van der Waals surface area contributed by atoms with Gasteiger partial charge in [0.1, 0.15) is 12.2 Å². The predicted octanol–water partition coefficient (Wildman–Crippen LogP) is 2.58. The molecule has 0 saturated heterocycles. The van der Waals surface area contributed by atoms with Crippen molar-refractivity contribution in [1.29, 1.82) is 0 Å². The summed E-state index contributed by atoms with van der Waals surface area (Å²) < 4.78 is 5.16. The van der Waals surface area contributed by atoms with E-state index in [0.29, 0.717) is 12.3 Å². The van der Waals surface area contributed by atoms with Crippen LogP contribution in [0.15, 0.2) is 11.6 Å². The first kappa shape index (κ1) is 19.4. The minimum atomic E-state index is -1.16. The van der Waals surface area contributed by atoms with Crippen LogP contribution in [-0.4, -0.2) is 46.2 Å². The maximum atomic E-state index is 11.3. The van der Waals surface area contributed by atoms with Gasteiger partial charge in [-0.2, -0.15) is 0 Å². The van der Waals surface area contributed by atoms with E-state index in [-0.39, 0.29) is 35.4 Å². The molecule has 1 spiro atoms. The molecule has 3 saturated carbocycles. The zero-order chi connectivity index (χ0) is 19.7. The average Bonchev–Trinajstić information content (AvgIpc) is 2.89. The molecule has 7 atom stereocenters. The summed E-state index contributed by atoms with van der Waals surface area (Å²) >= 11 is 0. The van der Waals surface area contributed by atoms with Gasteiger partial charge >= 0.3 is 5.97 Å². The number of hydrogen-bond donors (Lipinski definition) is 3. The second-order valence-corrected chi connectivity index (χ2v) is 10.3. The summed E-state index contributed by atoms with van der Waals surface area (Å²) in [6.07, 6.45) is 7.76. The van der Waals surface area contributed by atoms with Crippen molar-refractivity contribution in [3.8, 4) is 0 Å². The van der Waals surface area contributed by atoms with Crippen LogP contribution < -0.4 is 0 Å². The third-order valence-corrected chi connectivity index (χ3v) is 9.10. The highest BCUT2D eigenvalue weighted by atomic mass is 16.5. The first-order valence-electron chi connectivity index (χ1n) is 10.5. The third kappa shape index (κ3) is 2.44. The van der Waals surface area contributed by atoms with Crippen molar-refractivity contribution in [3.05, 3.63) is 11.6 Å². The van der Waals surface area contributed by atoms with Crippen molar-refractivity contribution >= 4 is 5.97 Å². The van der Waals surface area contributed by atoms with Crippen LogP contribution in [0.1, 0.15) is 65.7 Å². The lowest BCUT2D eigenvalue weighted by Gasteiger charge is -2.63. The van der Waals surface area contributed by atoms with E-state index in [0.717, 1.165) is 44.1 Å². The quantitative estimate of drug-likeness (QED) is 0.519. The van der Waals surface area contributed by atoms with E-state index in [9.17, 15) is 20.1 Å². The molecular formula is C22H34O5. The van der Waals surface area contributed by atoms with Crippen molar-refractivity contribution < 1.29 is 24.9 Å². The van der Waals surface area contributed by atoms with Crippen molar-refractivity contribution in [2.75, 3.05) is 13.2 Å². The number of allylic oxidation sites excluding steroid dienone is 1. The highest BCUT2D eigenvalue weighted by Gasteiger charge is 2.69. The molecule has 0 aliphatic heterocycles. The Labute approximate surface area is 161 Å². The van der Waals surface area contributed by atoms with E-state index >= 15 is 0 Å². The van der Waals surface area contributed by atoms with Crippen LogP contribution in [0.4, 0.5) is 0 Å². The van der Waals surface area contributed by atoms with Gasteiger partial charge < -0.3 is 20.1 Å². The molecule has 0 aromatic carbocycles. The summed E-state index contributed by atoms with van der Waals surface area (Å²) in [4.78, 5) is 11.3. The molecule has 0 aromatic heterocycles. The minimum Gasteiger partial charge on any atom is -0.463 e. The van der Waals surface area contributed by atoms with Gasteiger partial charge in [0.2, 0.25) is 0 Å². The molecule has 5 heteroatoms. The normalized spacial score (nSPS) is 51.2. The Kier molecular flexibility index (Phi) is 4.34. The molecule has 4 aliphatic carbocycles. The molecule has 0 amide bonds. The molecule has 27 heavy (non-hydrogen) atoms. The highest BCUT2D eigenvalue weighted by Crippen LogP contribution is 2.73. The lowest BCUT2D eigenvalue weighted by molar-refractivity contribution is -0.172. The van der Waals surface area contributed by atoms with E-state index in [1.54, 1.807) is 0 Å². The van der Waals surface area contributed by atoms with Gasteiger partial charge in [-0.1, -0.05) is 26.3 Å². The highest BCUT2D eigenvalue weighted by molar-refractivity contribution is 5.66. The maximum absolute atomic E-state index is 11.3. The molecule has 2 bridgehead atoms. The second kappa shape index (κ2) is 6.04. The standard InChI is InChI=1S/C22H34O5/c1-14(24)27-13-22(26)10-9-21-11-16(22)18(25)15(21)5-6-17-19(2,12-23)7-4-8-20(17,21)3/h5,16-18,23,25-26H,4,6-13H2,1-3H3. The lowest BCUT2D eigenvalue weighted by atomic mass is 9.41. The van der Waals surface area contributed by atoms with Crippen molar-refractivity contribution in [2.45, 2.75) is 77.4 Å². The predicted molar refractivity (Wildman–Crippen MR) is 101 cm³/mol. The Morgan fingerprint density at radius 1 is 1.26 bits per heavy atom. The van der Waals surface area contributed by atoms with Crippen LogP contribution in [-0.2, 0) is 9.53 Å². The fourth-order valence-electron chi connectivity index (χ4n) is 7.55. The van der Waals surface area contributed by atoms with Crippen molar-refractivity contribution in [2.24, 2.45) is 28.1 Å². The van der Waals surface area contributed by atoms with Crippen LogP contribution in [0.3, 0.4) is 0 Å². The molecule has 0 aromatic rings. The molecular weight excluding hydrogens is 344 g/mol. The number of esters is 1. The van der Waals surface area contributed by atoms with Gasteiger partial charge in [-0.3, -0.25) is 4.79 Å². The van der Waals surface area contributed by atoms with Gasteiger partial charge in [0, 0.05) is 24.9 Å². The summed E-state index contributed by atoms with van der Waals surface area (Å²) in [5.74, 6) is -0.307. The Bertz CT molecular complexity index is 674. The molecule has 7 unspecified atom stereocenters. The zero-order valence-corrected chi connectivity index (χ0v) is 16.8. The summed E-state index contributed by atoms with van der Waals surface area (Å²) in [5.41, 5.74) is -0.231. The summed E-state index contributed by atoms with van der Waals surface area (Å²) in [5, 5.41) is 32.6. The second-order valence-electron chi connectivity index (χ2n) is 10.3. The fraction of sp³-hybridized carbons (Fsp3) is 0.864. The number of hydrogen-bond acceptors (Lipinski definition) is 5. The van der Waals surface area contributed by atoms with E-state index in [1.165, 1.54) is 6.92 Å². The number of rotatable bonds is 3. The van der Waals surface area contributed by atoms with Crippen LogP contribution >= 0.6 is 0 Å². The van der Waals surface area contributed by atoms with Gasteiger partial charge in [0.05, 0.1) is 6.10 Å². The van der Waals surface area contributed by atoms with Crippen molar-refractivity contribution in [1.82, 2.24) is 0 Å². The molecule has 0 radical (unpaired) electrons. The first-order chi connectivity index (χ1) is 12.6. The largest absolute Gasteiger partial charge is 0.463 e. The Morgan fingerprint density at radius 3 is 2.67 bits per heavy atom. The lowest BCUT2D eigenvalue weighted by Crippen LogP contribution is -2.58. The fourth-order valence-corrected chi connectivity index (χ4v) is 7.55. The van der Waals surface area contributed by atoms with Gasteiger partial charge in [-0.15, -0.1) is 0 Å². The first-order valence-corrected chi connectivity index (χ1v) is 10.5. The van der Waals surface area contributed by atoms with Gasteiger partial charge in [0.25, 0.3) is 0 Å². The molecule has 4 aliphatic rings. The number of ether oxygens (including phenoxy) is 1. The summed E-state index contributed by atoms with van der Waals surface area (Å²) in [6, 6.07) is 0. The van der Waals surface area contributed by atoms with E-state index in [2.05, 4.69) is 19.9 Å². The number of carbonyl (C=O) groups is 1. The smallest absolute Gasteiger partial charge is 0.302 e. The van der Waals surface area contributed by atoms with Gasteiger partial charge in [-0.05, 0) is 60.8 Å². The minimum absolute atomic E-state index is 0.0192. The van der Waals surface area contributed by atoms with Crippen LogP contribution in [0.25, 0.3) is 0 Å². The summed E-state index contributed by atoms with van der Waals surface area (Å²) in [6.45, 7) is 6.10. The van der Waals surface area contributed by atoms with E-state index in [4.69, 9.17) is 4.74 Å². The summed E-state index contributed by atoms with van der Waals surface area (Å²) in [7, 11) is 0. The molecule has 5 nitrogen and oxygen atoms in total. The topological polar surface area (TPSA) is 87.0 Å². The molecule has 0 heterocycles. The van der Waals surface area contributed by atoms with Crippen LogP contribution in [0.2, 0.25) is 0 Å². The number of carbonyl (C=O) groups excluding carboxylic acids is 1.